The van der Waals surface area contributed by atoms with Gasteiger partial charge in [-0.2, -0.15) is 4.39 Å². The number of halogens is 2. The zero-order valence-electron chi connectivity index (χ0n) is 19.3. The van der Waals surface area contributed by atoms with Crippen LogP contribution < -0.4 is 4.74 Å². The highest BCUT2D eigenvalue weighted by Gasteiger charge is 2.35. The van der Waals surface area contributed by atoms with E-state index in [-0.39, 0.29) is 17.9 Å². The summed E-state index contributed by atoms with van der Waals surface area (Å²) in [5.74, 6) is 6.67. The number of hydrogen-bond acceptors (Lipinski definition) is 1. The second-order valence-electron chi connectivity index (χ2n) is 9.33. The van der Waals surface area contributed by atoms with Crippen molar-refractivity contribution in [3.63, 3.8) is 0 Å². The maximum Gasteiger partial charge on any atom is 0.201 e. The molecule has 0 aliphatic heterocycles. The van der Waals surface area contributed by atoms with Crippen LogP contribution in [0.15, 0.2) is 61.2 Å². The number of ether oxygens (including phenoxy) is 1. The average Bonchev–Trinajstić information content (AvgIpc) is 2.86. The molecule has 4 rings (SSSR count). The minimum atomic E-state index is -1.00. The first-order chi connectivity index (χ1) is 16.1. The topological polar surface area (TPSA) is 9.23 Å². The lowest BCUT2D eigenvalue weighted by Crippen LogP contribution is -2.29. The molecule has 172 valence electrons. The van der Waals surface area contributed by atoms with Gasteiger partial charge in [-0.1, -0.05) is 42.2 Å². The van der Waals surface area contributed by atoms with Gasteiger partial charge in [0.1, 0.15) is 6.61 Å². The van der Waals surface area contributed by atoms with E-state index >= 15 is 0 Å². The fourth-order valence-corrected chi connectivity index (χ4v) is 5.39. The van der Waals surface area contributed by atoms with Crippen LogP contribution in [0.5, 0.6) is 5.75 Å². The molecule has 33 heavy (non-hydrogen) atoms. The van der Waals surface area contributed by atoms with Gasteiger partial charge < -0.3 is 4.74 Å². The molecule has 2 saturated carbocycles. The van der Waals surface area contributed by atoms with Crippen LogP contribution in [0, 0.1) is 41.2 Å². The molecule has 2 aliphatic carbocycles. The predicted molar refractivity (Wildman–Crippen MR) is 130 cm³/mol. The summed E-state index contributed by atoms with van der Waals surface area (Å²) in [6.07, 6.45) is 13.4. The molecule has 0 bridgehead atoms. The Morgan fingerprint density at radius 2 is 1.70 bits per heavy atom. The Morgan fingerprint density at radius 3 is 2.45 bits per heavy atom. The molecule has 4 atom stereocenters. The van der Waals surface area contributed by atoms with E-state index < -0.39 is 11.6 Å². The van der Waals surface area contributed by atoms with Crippen LogP contribution in [0.25, 0.3) is 0 Å². The summed E-state index contributed by atoms with van der Waals surface area (Å²) in [5, 5.41) is 0. The van der Waals surface area contributed by atoms with Crippen LogP contribution in [0.3, 0.4) is 0 Å². The number of benzene rings is 2. The largest absolute Gasteiger partial charge is 0.486 e. The van der Waals surface area contributed by atoms with E-state index in [1.54, 1.807) is 12.2 Å². The van der Waals surface area contributed by atoms with Gasteiger partial charge in [-0.3, -0.25) is 0 Å². The first kappa shape index (κ1) is 23.3. The first-order valence-electron chi connectivity index (χ1n) is 12.1. The summed E-state index contributed by atoms with van der Waals surface area (Å²) in [4.78, 5) is 0. The van der Waals surface area contributed by atoms with Crippen LogP contribution >= 0.6 is 0 Å². The molecule has 0 spiro atoms. The van der Waals surface area contributed by atoms with E-state index in [1.807, 2.05) is 19.1 Å². The van der Waals surface area contributed by atoms with Crippen LogP contribution in [0.1, 0.15) is 68.1 Å². The minimum Gasteiger partial charge on any atom is -0.486 e. The highest BCUT2D eigenvalue weighted by atomic mass is 19.2. The maximum absolute atomic E-state index is 14.4. The van der Waals surface area contributed by atoms with Gasteiger partial charge in [0.05, 0.1) is 5.56 Å². The minimum absolute atomic E-state index is 0.0309. The summed E-state index contributed by atoms with van der Waals surface area (Å²) in [6.45, 7) is 6.03. The van der Waals surface area contributed by atoms with Gasteiger partial charge in [0, 0.05) is 5.56 Å². The standard InChI is InChI=1S/C30H32F2O/c1-3-5-18-33-28-17-16-24(29(31)30(28)32)12-9-22-7-10-23(11-8-22)26-15-14-25-19-21(4-2)6-13-27(25)20-26/h3-5,7-8,10-11,16-17,21,25-27H,2,6,13-15,18-20H2,1H3/b5-3+. The van der Waals surface area contributed by atoms with E-state index in [9.17, 15) is 8.78 Å². The Hall–Kier alpha value is -2.86. The van der Waals surface area contributed by atoms with Crippen molar-refractivity contribution in [3.8, 4) is 17.6 Å². The molecule has 4 unspecified atom stereocenters. The van der Waals surface area contributed by atoms with Gasteiger partial charge in [-0.15, -0.1) is 6.58 Å². The van der Waals surface area contributed by atoms with Gasteiger partial charge >= 0.3 is 0 Å². The fourth-order valence-electron chi connectivity index (χ4n) is 5.39. The van der Waals surface area contributed by atoms with E-state index in [4.69, 9.17) is 4.74 Å². The van der Waals surface area contributed by atoms with Gasteiger partial charge in [0.15, 0.2) is 11.6 Å². The molecule has 0 radical (unpaired) electrons. The molecule has 2 aliphatic rings. The first-order valence-corrected chi connectivity index (χ1v) is 12.1. The van der Waals surface area contributed by atoms with Crippen molar-refractivity contribution in [1.29, 1.82) is 0 Å². The van der Waals surface area contributed by atoms with Crippen molar-refractivity contribution >= 4 is 0 Å². The lowest BCUT2D eigenvalue weighted by molar-refractivity contribution is 0.133. The number of hydrogen-bond donors (Lipinski definition) is 0. The van der Waals surface area contributed by atoms with Crippen LogP contribution in [0.2, 0.25) is 0 Å². The lowest BCUT2D eigenvalue weighted by Gasteiger charge is -2.41. The number of allylic oxidation sites excluding steroid dienone is 2. The Morgan fingerprint density at radius 1 is 0.939 bits per heavy atom. The van der Waals surface area contributed by atoms with Crippen LogP contribution in [0.4, 0.5) is 8.78 Å². The molecular formula is C30H32F2O. The highest BCUT2D eigenvalue weighted by molar-refractivity contribution is 5.46. The third-order valence-corrected chi connectivity index (χ3v) is 7.33. The molecule has 1 nitrogen and oxygen atoms in total. The predicted octanol–water partition coefficient (Wildman–Crippen LogP) is 7.81. The lowest BCUT2D eigenvalue weighted by atomic mass is 9.64. The van der Waals surface area contributed by atoms with E-state index in [1.165, 1.54) is 56.2 Å². The van der Waals surface area contributed by atoms with Crippen molar-refractivity contribution in [2.45, 2.75) is 51.4 Å². The molecule has 0 N–H and O–H groups in total. The monoisotopic (exact) mass is 446 g/mol. The Kier molecular flexibility index (Phi) is 7.65. The van der Waals surface area contributed by atoms with Crippen molar-refractivity contribution in [1.82, 2.24) is 0 Å². The number of fused-ring (bicyclic) bond motifs is 1. The van der Waals surface area contributed by atoms with E-state index in [0.717, 1.165) is 17.4 Å². The summed E-state index contributed by atoms with van der Waals surface area (Å²) in [7, 11) is 0. The van der Waals surface area contributed by atoms with Crippen molar-refractivity contribution in [2.75, 3.05) is 6.61 Å². The molecule has 0 aromatic heterocycles. The van der Waals surface area contributed by atoms with E-state index in [2.05, 4.69) is 36.6 Å². The van der Waals surface area contributed by atoms with Gasteiger partial charge in [-0.25, -0.2) is 4.39 Å². The summed E-state index contributed by atoms with van der Waals surface area (Å²) < 4.78 is 33.9. The van der Waals surface area contributed by atoms with E-state index in [0.29, 0.717) is 11.8 Å². The molecule has 0 heterocycles. The smallest absolute Gasteiger partial charge is 0.201 e. The summed E-state index contributed by atoms with van der Waals surface area (Å²) in [5.41, 5.74) is 2.19. The normalized spacial score (nSPS) is 24.6. The third-order valence-electron chi connectivity index (χ3n) is 7.33. The zero-order valence-corrected chi connectivity index (χ0v) is 19.3. The second kappa shape index (κ2) is 10.8. The zero-order chi connectivity index (χ0) is 23.2. The fraction of sp³-hybridized carbons (Fsp3) is 0.400. The quantitative estimate of drug-likeness (QED) is 0.336. The Bertz CT molecular complexity index is 1060. The maximum atomic E-state index is 14.4. The van der Waals surface area contributed by atoms with Crippen LogP contribution in [-0.4, -0.2) is 6.61 Å². The molecule has 2 aromatic carbocycles. The number of rotatable bonds is 5. The molecular weight excluding hydrogens is 414 g/mol. The van der Waals surface area contributed by atoms with Crippen LogP contribution in [-0.2, 0) is 0 Å². The SMILES string of the molecule is C=CC1CCC2CC(c3ccc(C#Cc4ccc(OC/C=C/C)c(F)c4F)cc3)CCC2C1. The Balaban J connectivity index is 1.40. The molecule has 0 saturated heterocycles. The average molecular weight is 447 g/mol. The summed E-state index contributed by atoms with van der Waals surface area (Å²) >= 11 is 0. The molecule has 0 amide bonds. The second-order valence-corrected chi connectivity index (χ2v) is 9.33. The van der Waals surface area contributed by atoms with Gasteiger partial charge in [0.25, 0.3) is 0 Å². The van der Waals surface area contributed by atoms with Crippen molar-refractivity contribution in [2.24, 2.45) is 17.8 Å². The van der Waals surface area contributed by atoms with Crippen molar-refractivity contribution < 1.29 is 13.5 Å². The third kappa shape index (κ3) is 5.56. The highest BCUT2D eigenvalue weighted by Crippen LogP contribution is 2.47. The van der Waals surface area contributed by atoms with Crippen molar-refractivity contribution in [3.05, 3.63) is 89.5 Å². The molecule has 3 heteroatoms. The molecule has 2 aromatic rings. The van der Waals surface area contributed by atoms with Gasteiger partial charge in [-0.05, 0) is 98.9 Å². The molecule has 2 fully saturated rings. The summed E-state index contributed by atoms with van der Waals surface area (Å²) in [6, 6.07) is 11.2. The van der Waals surface area contributed by atoms with Gasteiger partial charge in [0.2, 0.25) is 5.82 Å². The Labute approximate surface area is 196 Å².